The van der Waals surface area contributed by atoms with Crippen molar-refractivity contribution < 1.29 is 14.7 Å². The van der Waals surface area contributed by atoms with Crippen molar-refractivity contribution in [2.45, 2.75) is 25.8 Å². The molecule has 4 nitrogen and oxygen atoms in total. The Morgan fingerprint density at radius 3 is 3.06 bits per heavy atom. The van der Waals surface area contributed by atoms with Crippen molar-refractivity contribution in [3.05, 3.63) is 28.0 Å². The summed E-state index contributed by atoms with van der Waals surface area (Å²) in [7, 11) is 0. The van der Waals surface area contributed by atoms with Gasteiger partial charge in [0.1, 0.15) is 0 Å². The van der Waals surface area contributed by atoms with Gasteiger partial charge in [0.25, 0.3) is 0 Å². The van der Waals surface area contributed by atoms with Crippen molar-refractivity contribution in [1.82, 2.24) is 4.90 Å². The zero-order chi connectivity index (χ0) is 13.0. The third-order valence-electron chi connectivity index (χ3n) is 2.86. The maximum Gasteiger partial charge on any atom is 0.328 e. The molecule has 1 aliphatic heterocycles. The summed E-state index contributed by atoms with van der Waals surface area (Å²) in [6.07, 6.45) is 5.41. The average Bonchev–Trinajstić information content (AvgIpc) is 2.77. The molecule has 18 heavy (non-hydrogen) atoms. The number of carbonyl (C=O) groups is 2. The third kappa shape index (κ3) is 3.43. The SMILES string of the molecule is O=C(O)C=Cc1csc(CN2CCCCC2=O)c1. The zero-order valence-electron chi connectivity index (χ0n) is 9.96. The number of nitrogens with zero attached hydrogens (tertiary/aromatic N) is 1. The minimum atomic E-state index is -0.950. The fourth-order valence-electron chi connectivity index (χ4n) is 1.95. The summed E-state index contributed by atoms with van der Waals surface area (Å²) in [5.74, 6) is -0.730. The summed E-state index contributed by atoms with van der Waals surface area (Å²) in [6, 6.07) is 1.94. The van der Waals surface area contributed by atoms with Crippen LogP contribution in [0, 0.1) is 0 Å². The van der Waals surface area contributed by atoms with Gasteiger partial charge in [-0.1, -0.05) is 0 Å². The van der Waals surface area contributed by atoms with E-state index < -0.39 is 5.97 Å². The number of thiophene rings is 1. The molecule has 0 saturated carbocycles. The largest absolute Gasteiger partial charge is 0.478 e. The van der Waals surface area contributed by atoms with E-state index in [1.54, 1.807) is 17.4 Å². The van der Waals surface area contributed by atoms with Gasteiger partial charge >= 0.3 is 5.97 Å². The van der Waals surface area contributed by atoms with Crippen LogP contribution in [0.3, 0.4) is 0 Å². The Hall–Kier alpha value is -1.62. The molecule has 96 valence electrons. The summed E-state index contributed by atoms with van der Waals surface area (Å²) < 4.78 is 0. The van der Waals surface area contributed by atoms with E-state index in [0.29, 0.717) is 13.0 Å². The number of hydrogen-bond acceptors (Lipinski definition) is 3. The Balaban J connectivity index is 1.97. The number of aliphatic carboxylic acids is 1. The second-order valence-corrected chi connectivity index (χ2v) is 5.29. The molecule has 1 aromatic heterocycles. The molecule has 0 atom stereocenters. The number of rotatable bonds is 4. The van der Waals surface area contributed by atoms with Crippen LogP contribution >= 0.6 is 11.3 Å². The van der Waals surface area contributed by atoms with Gasteiger partial charge in [-0.3, -0.25) is 4.79 Å². The lowest BCUT2D eigenvalue weighted by Gasteiger charge is -2.26. The van der Waals surface area contributed by atoms with Crippen LogP contribution in [0.15, 0.2) is 17.5 Å². The van der Waals surface area contributed by atoms with Crippen LogP contribution in [0.2, 0.25) is 0 Å². The van der Waals surface area contributed by atoms with Crippen LogP contribution in [0.5, 0.6) is 0 Å². The predicted molar refractivity (Wildman–Crippen MR) is 70.3 cm³/mol. The number of likely N-dealkylation sites (tertiary alicyclic amines) is 1. The molecule has 0 radical (unpaired) electrons. The minimum Gasteiger partial charge on any atom is -0.478 e. The topological polar surface area (TPSA) is 57.6 Å². The number of amides is 1. The Kier molecular flexibility index (Phi) is 4.15. The molecule has 0 spiro atoms. The first-order valence-electron chi connectivity index (χ1n) is 5.91. The second kappa shape index (κ2) is 5.82. The second-order valence-electron chi connectivity index (χ2n) is 4.29. The Morgan fingerprint density at radius 1 is 1.50 bits per heavy atom. The lowest BCUT2D eigenvalue weighted by Crippen LogP contribution is -2.34. The van der Waals surface area contributed by atoms with E-state index in [2.05, 4.69) is 0 Å². The van der Waals surface area contributed by atoms with Crippen molar-refractivity contribution in [2.24, 2.45) is 0 Å². The maximum absolute atomic E-state index is 11.7. The van der Waals surface area contributed by atoms with Crippen LogP contribution in [0.25, 0.3) is 6.08 Å². The zero-order valence-corrected chi connectivity index (χ0v) is 10.8. The molecule has 0 bridgehead atoms. The highest BCUT2D eigenvalue weighted by atomic mass is 32.1. The van der Waals surface area contributed by atoms with Crippen molar-refractivity contribution in [1.29, 1.82) is 0 Å². The lowest BCUT2D eigenvalue weighted by atomic mass is 10.1. The van der Waals surface area contributed by atoms with E-state index in [1.807, 2.05) is 16.3 Å². The van der Waals surface area contributed by atoms with Crippen molar-refractivity contribution >= 4 is 29.3 Å². The first-order valence-corrected chi connectivity index (χ1v) is 6.79. The first-order chi connectivity index (χ1) is 8.65. The maximum atomic E-state index is 11.7. The van der Waals surface area contributed by atoms with Crippen LogP contribution in [-0.4, -0.2) is 28.4 Å². The monoisotopic (exact) mass is 265 g/mol. The van der Waals surface area contributed by atoms with Gasteiger partial charge in [-0.25, -0.2) is 4.79 Å². The number of piperidine rings is 1. The molecular formula is C13H15NO3S. The summed E-state index contributed by atoms with van der Waals surface area (Å²) in [5, 5.41) is 10.4. The van der Waals surface area contributed by atoms with Crippen LogP contribution < -0.4 is 0 Å². The predicted octanol–water partition coefficient (Wildman–Crippen LogP) is 2.36. The average molecular weight is 265 g/mol. The van der Waals surface area contributed by atoms with E-state index in [-0.39, 0.29) is 5.91 Å². The molecule has 5 heteroatoms. The van der Waals surface area contributed by atoms with E-state index in [0.717, 1.165) is 35.9 Å². The molecule has 0 aromatic carbocycles. The van der Waals surface area contributed by atoms with Gasteiger partial charge in [-0.15, -0.1) is 11.3 Å². The molecule has 1 aromatic rings. The van der Waals surface area contributed by atoms with E-state index >= 15 is 0 Å². The quantitative estimate of drug-likeness (QED) is 0.850. The molecule has 2 rings (SSSR count). The van der Waals surface area contributed by atoms with Gasteiger partial charge in [0.2, 0.25) is 5.91 Å². The molecular weight excluding hydrogens is 250 g/mol. The van der Waals surface area contributed by atoms with Gasteiger partial charge in [-0.05, 0) is 35.9 Å². The number of carbonyl (C=O) groups excluding carboxylic acids is 1. The fourth-order valence-corrected chi connectivity index (χ4v) is 2.82. The summed E-state index contributed by atoms with van der Waals surface area (Å²) >= 11 is 1.56. The van der Waals surface area contributed by atoms with Crippen molar-refractivity contribution in [2.75, 3.05) is 6.54 Å². The van der Waals surface area contributed by atoms with E-state index in [9.17, 15) is 9.59 Å². The number of carboxylic acid groups (broad SMARTS) is 1. The summed E-state index contributed by atoms with van der Waals surface area (Å²) in [4.78, 5) is 25.0. The minimum absolute atomic E-state index is 0.220. The molecule has 0 unspecified atom stereocenters. The normalized spacial score (nSPS) is 16.4. The van der Waals surface area contributed by atoms with Crippen molar-refractivity contribution in [3.8, 4) is 0 Å². The molecule has 1 amide bonds. The Labute approximate surface area is 110 Å². The standard InChI is InChI=1S/C13H15NO3S/c15-12-3-1-2-6-14(12)8-11-7-10(9-18-11)4-5-13(16)17/h4-5,7,9H,1-3,6,8H2,(H,16,17). The van der Waals surface area contributed by atoms with Gasteiger partial charge in [0.15, 0.2) is 0 Å². The molecule has 1 fully saturated rings. The first kappa shape index (κ1) is 12.8. The molecule has 2 heterocycles. The fraction of sp³-hybridized carbons (Fsp3) is 0.385. The van der Waals surface area contributed by atoms with Gasteiger partial charge in [0.05, 0.1) is 6.54 Å². The highest BCUT2D eigenvalue weighted by Crippen LogP contribution is 2.20. The lowest BCUT2D eigenvalue weighted by molar-refractivity contribution is -0.134. The molecule has 1 saturated heterocycles. The van der Waals surface area contributed by atoms with Crippen molar-refractivity contribution in [3.63, 3.8) is 0 Å². The Morgan fingerprint density at radius 2 is 2.33 bits per heavy atom. The molecule has 1 aliphatic rings. The van der Waals surface area contributed by atoms with Crippen LogP contribution in [0.1, 0.15) is 29.7 Å². The van der Waals surface area contributed by atoms with E-state index in [4.69, 9.17) is 5.11 Å². The van der Waals surface area contributed by atoms with Gasteiger partial charge < -0.3 is 10.0 Å². The molecule has 1 N–H and O–H groups in total. The van der Waals surface area contributed by atoms with Gasteiger partial charge in [0, 0.05) is 23.9 Å². The van der Waals surface area contributed by atoms with Gasteiger partial charge in [-0.2, -0.15) is 0 Å². The van der Waals surface area contributed by atoms with E-state index in [1.165, 1.54) is 0 Å². The van der Waals surface area contributed by atoms with Crippen LogP contribution in [0.4, 0.5) is 0 Å². The molecule has 0 aliphatic carbocycles. The summed E-state index contributed by atoms with van der Waals surface area (Å²) in [6.45, 7) is 1.47. The highest BCUT2D eigenvalue weighted by Gasteiger charge is 2.18. The Bertz CT molecular complexity index is 478. The number of carboxylic acids is 1. The van der Waals surface area contributed by atoms with Crippen LogP contribution in [-0.2, 0) is 16.1 Å². The highest BCUT2D eigenvalue weighted by molar-refractivity contribution is 7.10. The smallest absolute Gasteiger partial charge is 0.328 e. The third-order valence-corrected chi connectivity index (χ3v) is 3.80. The number of hydrogen-bond donors (Lipinski definition) is 1. The summed E-state index contributed by atoms with van der Waals surface area (Å²) in [5.41, 5.74) is 0.877.